The van der Waals surface area contributed by atoms with Gasteiger partial charge < -0.3 is 10.1 Å². The molecule has 0 unspecified atom stereocenters. The molecule has 0 aromatic rings. The van der Waals surface area contributed by atoms with Crippen molar-refractivity contribution in [1.29, 1.82) is 0 Å². The van der Waals surface area contributed by atoms with Crippen molar-refractivity contribution in [2.75, 3.05) is 26.8 Å². The van der Waals surface area contributed by atoms with Gasteiger partial charge in [-0.2, -0.15) is 0 Å². The first-order valence-electron chi connectivity index (χ1n) is 4.60. The molecule has 0 spiro atoms. The fourth-order valence-corrected chi connectivity index (χ4v) is 2.22. The average molecular weight is 155 g/mol. The van der Waals surface area contributed by atoms with Gasteiger partial charge >= 0.3 is 0 Å². The molecule has 1 aliphatic heterocycles. The molecule has 0 bridgehead atoms. The molecule has 2 rings (SSSR count). The van der Waals surface area contributed by atoms with Gasteiger partial charge in [-0.3, -0.25) is 0 Å². The summed E-state index contributed by atoms with van der Waals surface area (Å²) in [7, 11) is 2.04. The highest BCUT2D eigenvalue weighted by atomic mass is 16.5. The van der Waals surface area contributed by atoms with E-state index in [9.17, 15) is 0 Å². The van der Waals surface area contributed by atoms with Crippen LogP contribution in [-0.4, -0.2) is 26.8 Å². The smallest absolute Gasteiger partial charge is 0.0559 e. The van der Waals surface area contributed by atoms with Gasteiger partial charge in [-0.1, -0.05) is 6.42 Å². The van der Waals surface area contributed by atoms with Crippen molar-refractivity contribution in [3.8, 4) is 0 Å². The summed E-state index contributed by atoms with van der Waals surface area (Å²) in [4.78, 5) is 0. The van der Waals surface area contributed by atoms with Crippen LogP contribution in [0.4, 0.5) is 0 Å². The van der Waals surface area contributed by atoms with Crippen LogP contribution in [0.3, 0.4) is 0 Å². The minimum Gasteiger partial charge on any atom is -0.380 e. The lowest BCUT2D eigenvalue weighted by Gasteiger charge is -2.51. The first-order chi connectivity index (χ1) is 5.37. The van der Waals surface area contributed by atoms with Crippen LogP contribution in [0, 0.1) is 11.3 Å². The molecule has 1 aliphatic carbocycles. The Kier molecular flexibility index (Phi) is 1.90. The van der Waals surface area contributed by atoms with Crippen LogP contribution in [0.5, 0.6) is 0 Å². The number of ether oxygens (including phenoxy) is 1. The van der Waals surface area contributed by atoms with Crippen LogP contribution in [0.25, 0.3) is 0 Å². The van der Waals surface area contributed by atoms with E-state index in [2.05, 4.69) is 5.32 Å². The molecule has 2 nitrogen and oxygen atoms in total. The Bertz CT molecular complexity index is 138. The lowest BCUT2D eigenvalue weighted by molar-refractivity contribution is -0.159. The maximum absolute atomic E-state index is 5.31. The van der Waals surface area contributed by atoms with E-state index in [-0.39, 0.29) is 0 Å². The molecular weight excluding hydrogens is 138 g/mol. The molecule has 11 heavy (non-hydrogen) atoms. The van der Waals surface area contributed by atoms with Crippen LogP contribution in [-0.2, 0) is 4.74 Å². The summed E-state index contributed by atoms with van der Waals surface area (Å²) in [5, 5.41) is 3.28. The van der Waals surface area contributed by atoms with Gasteiger partial charge in [0.15, 0.2) is 0 Å². The maximum atomic E-state index is 5.31. The number of hydrogen-bond donors (Lipinski definition) is 1. The molecule has 1 saturated carbocycles. The average Bonchev–Trinajstić information content (AvgIpc) is 1.79. The van der Waals surface area contributed by atoms with Crippen molar-refractivity contribution in [2.24, 2.45) is 11.3 Å². The standard InChI is InChI=1S/C9H17NO/c1-10-5-9(6-11-7-9)8-3-2-4-8/h8,10H,2-7H2,1H3. The van der Waals surface area contributed by atoms with Crippen molar-refractivity contribution in [2.45, 2.75) is 19.3 Å². The molecule has 0 aromatic carbocycles. The summed E-state index contributed by atoms with van der Waals surface area (Å²) >= 11 is 0. The Morgan fingerprint density at radius 1 is 1.45 bits per heavy atom. The summed E-state index contributed by atoms with van der Waals surface area (Å²) in [5.74, 6) is 0.962. The van der Waals surface area contributed by atoms with E-state index in [4.69, 9.17) is 4.74 Å². The maximum Gasteiger partial charge on any atom is 0.0559 e. The van der Waals surface area contributed by atoms with E-state index in [0.29, 0.717) is 5.41 Å². The molecule has 1 N–H and O–H groups in total. The fourth-order valence-electron chi connectivity index (χ4n) is 2.22. The minimum absolute atomic E-state index is 0.535. The summed E-state index contributed by atoms with van der Waals surface area (Å²) < 4.78 is 5.31. The summed E-state index contributed by atoms with van der Waals surface area (Å²) in [6.45, 7) is 3.15. The topological polar surface area (TPSA) is 21.3 Å². The molecule has 64 valence electrons. The third-order valence-corrected chi connectivity index (χ3v) is 3.28. The zero-order valence-electron chi connectivity index (χ0n) is 7.23. The summed E-state index contributed by atoms with van der Waals surface area (Å²) in [6.07, 6.45) is 4.31. The van der Waals surface area contributed by atoms with Crippen molar-refractivity contribution in [3.05, 3.63) is 0 Å². The van der Waals surface area contributed by atoms with Gasteiger partial charge in [-0.25, -0.2) is 0 Å². The molecule has 0 radical (unpaired) electrons. The number of rotatable bonds is 3. The highest BCUT2D eigenvalue weighted by molar-refractivity contribution is 4.96. The van der Waals surface area contributed by atoms with Gasteiger partial charge in [-0.15, -0.1) is 0 Å². The van der Waals surface area contributed by atoms with Crippen molar-refractivity contribution >= 4 is 0 Å². The van der Waals surface area contributed by atoms with Crippen molar-refractivity contribution in [3.63, 3.8) is 0 Å². The lowest BCUT2D eigenvalue weighted by atomic mass is 9.64. The second kappa shape index (κ2) is 2.76. The predicted octanol–water partition coefficient (Wildman–Crippen LogP) is 1.02. The molecule has 1 heterocycles. The van der Waals surface area contributed by atoms with Gasteiger partial charge in [0.05, 0.1) is 13.2 Å². The van der Waals surface area contributed by atoms with Crippen LogP contribution in [0.2, 0.25) is 0 Å². The van der Waals surface area contributed by atoms with Crippen molar-refractivity contribution in [1.82, 2.24) is 5.32 Å². The number of nitrogens with one attached hydrogen (secondary N) is 1. The highest BCUT2D eigenvalue weighted by Crippen LogP contribution is 2.46. The third kappa shape index (κ3) is 1.09. The predicted molar refractivity (Wildman–Crippen MR) is 44.5 cm³/mol. The summed E-state index contributed by atoms with van der Waals surface area (Å²) in [6, 6.07) is 0. The van der Waals surface area contributed by atoms with E-state index in [1.165, 1.54) is 19.3 Å². The number of hydrogen-bond acceptors (Lipinski definition) is 2. The Morgan fingerprint density at radius 3 is 2.45 bits per heavy atom. The third-order valence-electron chi connectivity index (χ3n) is 3.28. The Balaban J connectivity index is 1.92. The second-order valence-electron chi connectivity index (χ2n) is 4.01. The van der Waals surface area contributed by atoms with Crippen LogP contribution in [0.15, 0.2) is 0 Å². The molecule has 0 atom stereocenters. The van der Waals surface area contributed by atoms with E-state index in [1.54, 1.807) is 0 Å². The van der Waals surface area contributed by atoms with Crippen LogP contribution < -0.4 is 5.32 Å². The largest absolute Gasteiger partial charge is 0.380 e. The van der Waals surface area contributed by atoms with Gasteiger partial charge in [-0.05, 0) is 25.8 Å². The quantitative estimate of drug-likeness (QED) is 0.657. The van der Waals surface area contributed by atoms with E-state index < -0.39 is 0 Å². The molecular formula is C9H17NO. The molecule has 2 heteroatoms. The van der Waals surface area contributed by atoms with Gasteiger partial charge in [0.25, 0.3) is 0 Å². The highest BCUT2D eigenvalue weighted by Gasteiger charge is 2.46. The minimum atomic E-state index is 0.535. The Hall–Kier alpha value is -0.0800. The SMILES string of the molecule is CNCC1(C2CCC2)COC1. The Morgan fingerprint density at radius 2 is 2.18 bits per heavy atom. The lowest BCUT2D eigenvalue weighted by Crippen LogP contribution is -2.55. The molecule has 2 fully saturated rings. The van der Waals surface area contributed by atoms with Gasteiger partial charge in [0.2, 0.25) is 0 Å². The van der Waals surface area contributed by atoms with E-state index in [0.717, 1.165) is 25.7 Å². The zero-order chi connectivity index (χ0) is 7.73. The van der Waals surface area contributed by atoms with E-state index in [1.807, 2.05) is 7.05 Å². The fraction of sp³-hybridized carbons (Fsp3) is 1.00. The Labute approximate surface area is 68.3 Å². The van der Waals surface area contributed by atoms with Crippen molar-refractivity contribution < 1.29 is 4.74 Å². The van der Waals surface area contributed by atoms with E-state index >= 15 is 0 Å². The molecule has 0 amide bonds. The second-order valence-corrected chi connectivity index (χ2v) is 4.01. The molecule has 1 saturated heterocycles. The van der Waals surface area contributed by atoms with Crippen LogP contribution >= 0.6 is 0 Å². The molecule has 0 aromatic heterocycles. The van der Waals surface area contributed by atoms with Crippen LogP contribution in [0.1, 0.15) is 19.3 Å². The summed E-state index contributed by atoms with van der Waals surface area (Å²) in [5.41, 5.74) is 0.535. The van der Waals surface area contributed by atoms with Gasteiger partial charge in [0.1, 0.15) is 0 Å². The normalized spacial score (nSPS) is 29.2. The first-order valence-corrected chi connectivity index (χ1v) is 4.60. The van der Waals surface area contributed by atoms with Gasteiger partial charge in [0, 0.05) is 12.0 Å². The first kappa shape index (κ1) is 7.56. The monoisotopic (exact) mass is 155 g/mol. The molecule has 2 aliphatic rings. The zero-order valence-corrected chi connectivity index (χ0v) is 7.23.